The van der Waals surface area contributed by atoms with Crippen molar-refractivity contribution in [2.75, 3.05) is 0 Å². The summed E-state index contributed by atoms with van der Waals surface area (Å²) in [7, 11) is 0. The Labute approximate surface area is 126 Å². The summed E-state index contributed by atoms with van der Waals surface area (Å²) >= 11 is 9.69. The third kappa shape index (κ3) is 3.50. The van der Waals surface area contributed by atoms with Crippen molar-refractivity contribution < 1.29 is 4.74 Å². The van der Waals surface area contributed by atoms with Crippen molar-refractivity contribution in [1.82, 2.24) is 0 Å². The van der Waals surface area contributed by atoms with Crippen LogP contribution in [0.3, 0.4) is 0 Å². The molecule has 100 valence electrons. The maximum atomic E-state index is 6.21. The van der Waals surface area contributed by atoms with Crippen LogP contribution in [-0.2, 0) is 0 Å². The predicted octanol–water partition coefficient (Wildman–Crippen LogP) is 5.22. The Balaban J connectivity index is 2.28. The van der Waals surface area contributed by atoms with E-state index in [2.05, 4.69) is 15.9 Å². The summed E-state index contributed by atoms with van der Waals surface area (Å²) in [6.45, 7) is 3.95. The van der Waals surface area contributed by atoms with Crippen LogP contribution in [0, 0.1) is 6.92 Å². The van der Waals surface area contributed by atoms with Gasteiger partial charge in [0, 0.05) is 6.04 Å². The molecule has 0 fully saturated rings. The molecule has 2 aromatic rings. The van der Waals surface area contributed by atoms with Gasteiger partial charge in [-0.15, -0.1) is 0 Å². The normalized spacial score (nSPS) is 12.3. The SMILES string of the molecule is Cc1ccc(Oc2ccc(C(C)N)cc2Cl)c(Br)c1. The highest BCUT2D eigenvalue weighted by Gasteiger charge is 2.09. The molecule has 2 aromatic carbocycles. The van der Waals surface area contributed by atoms with E-state index >= 15 is 0 Å². The molecule has 0 saturated carbocycles. The summed E-state index contributed by atoms with van der Waals surface area (Å²) in [5.41, 5.74) is 7.97. The zero-order valence-corrected chi connectivity index (χ0v) is 13.1. The summed E-state index contributed by atoms with van der Waals surface area (Å²) in [5, 5.41) is 0.558. The number of halogens is 2. The highest BCUT2D eigenvalue weighted by Crippen LogP contribution is 2.35. The molecule has 19 heavy (non-hydrogen) atoms. The molecular formula is C15H15BrClNO. The topological polar surface area (TPSA) is 35.2 Å². The van der Waals surface area contributed by atoms with Crippen LogP contribution in [0.4, 0.5) is 0 Å². The molecule has 0 aliphatic rings. The Morgan fingerprint density at radius 1 is 1.16 bits per heavy atom. The highest BCUT2D eigenvalue weighted by atomic mass is 79.9. The quantitative estimate of drug-likeness (QED) is 0.831. The highest BCUT2D eigenvalue weighted by molar-refractivity contribution is 9.10. The van der Waals surface area contributed by atoms with E-state index in [9.17, 15) is 0 Å². The summed E-state index contributed by atoms with van der Waals surface area (Å²) in [5.74, 6) is 1.36. The Morgan fingerprint density at radius 3 is 2.42 bits per heavy atom. The first-order valence-corrected chi connectivity index (χ1v) is 7.13. The van der Waals surface area contributed by atoms with Crippen LogP contribution in [0.25, 0.3) is 0 Å². The second-order valence-corrected chi connectivity index (χ2v) is 5.78. The minimum atomic E-state index is -0.0438. The average Bonchev–Trinajstić information content (AvgIpc) is 2.34. The molecule has 0 amide bonds. The number of rotatable bonds is 3. The standard InChI is InChI=1S/C15H15BrClNO/c1-9-3-5-14(12(16)7-9)19-15-6-4-11(10(2)18)8-13(15)17/h3-8,10H,18H2,1-2H3. The Morgan fingerprint density at radius 2 is 1.84 bits per heavy atom. The van der Waals surface area contributed by atoms with Gasteiger partial charge in [-0.25, -0.2) is 0 Å². The second kappa shape index (κ2) is 5.95. The number of nitrogens with two attached hydrogens (primary N) is 1. The van der Waals surface area contributed by atoms with E-state index in [4.69, 9.17) is 22.1 Å². The summed E-state index contributed by atoms with van der Waals surface area (Å²) in [6, 6.07) is 11.5. The van der Waals surface area contributed by atoms with Gasteiger partial charge in [-0.2, -0.15) is 0 Å². The summed E-state index contributed by atoms with van der Waals surface area (Å²) < 4.78 is 6.71. The fraction of sp³-hybridized carbons (Fsp3) is 0.200. The third-order valence-electron chi connectivity index (χ3n) is 2.79. The Hall–Kier alpha value is -1.03. The molecule has 0 heterocycles. The first-order chi connectivity index (χ1) is 8.97. The number of hydrogen-bond donors (Lipinski definition) is 1. The largest absolute Gasteiger partial charge is 0.455 e. The lowest BCUT2D eigenvalue weighted by Gasteiger charge is -2.12. The van der Waals surface area contributed by atoms with Crippen molar-refractivity contribution in [2.24, 2.45) is 5.73 Å². The van der Waals surface area contributed by atoms with Crippen LogP contribution in [0.5, 0.6) is 11.5 Å². The number of ether oxygens (including phenoxy) is 1. The smallest absolute Gasteiger partial charge is 0.146 e. The van der Waals surface area contributed by atoms with Gasteiger partial charge in [-0.1, -0.05) is 23.7 Å². The van der Waals surface area contributed by atoms with Gasteiger partial charge in [0.25, 0.3) is 0 Å². The van der Waals surface area contributed by atoms with E-state index in [-0.39, 0.29) is 6.04 Å². The third-order valence-corrected chi connectivity index (χ3v) is 3.70. The fourth-order valence-corrected chi connectivity index (χ4v) is 2.49. The van der Waals surface area contributed by atoms with E-state index in [1.165, 1.54) is 0 Å². The number of hydrogen-bond acceptors (Lipinski definition) is 2. The van der Waals surface area contributed by atoms with Crippen LogP contribution in [0.15, 0.2) is 40.9 Å². The zero-order valence-electron chi connectivity index (χ0n) is 10.8. The number of benzene rings is 2. The van der Waals surface area contributed by atoms with Crippen molar-refractivity contribution in [3.05, 3.63) is 57.0 Å². The molecule has 0 radical (unpaired) electrons. The average molecular weight is 341 g/mol. The van der Waals surface area contributed by atoms with Gasteiger partial charge in [-0.3, -0.25) is 0 Å². The van der Waals surface area contributed by atoms with Crippen LogP contribution in [0.2, 0.25) is 5.02 Å². The predicted molar refractivity (Wildman–Crippen MR) is 83.0 cm³/mol. The van der Waals surface area contributed by atoms with Crippen molar-refractivity contribution >= 4 is 27.5 Å². The minimum Gasteiger partial charge on any atom is -0.455 e. The molecule has 4 heteroatoms. The molecule has 0 aliphatic carbocycles. The van der Waals surface area contributed by atoms with Gasteiger partial charge in [0.1, 0.15) is 11.5 Å². The second-order valence-electron chi connectivity index (χ2n) is 4.51. The van der Waals surface area contributed by atoms with E-state index in [0.717, 1.165) is 21.3 Å². The molecule has 1 unspecified atom stereocenters. The maximum Gasteiger partial charge on any atom is 0.146 e. The lowest BCUT2D eigenvalue weighted by Crippen LogP contribution is -2.04. The van der Waals surface area contributed by atoms with Crippen LogP contribution >= 0.6 is 27.5 Å². The van der Waals surface area contributed by atoms with Gasteiger partial charge in [-0.05, 0) is 65.2 Å². The number of aryl methyl sites for hydroxylation is 1. The van der Waals surface area contributed by atoms with Crippen LogP contribution in [-0.4, -0.2) is 0 Å². The molecule has 0 bridgehead atoms. The van der Waals surface area contributed by atoms with Crippen molar-refractivity contribution in [2.45, 2.75) is 19.9 Å². The van der Waals surface area contributed by atoms with Gasteiger partial charge in [0.15, 0.2) is 0 Å². The van der Waals surface area contributed by atoms with E-state index in [1.807, 2.05) is 50.2 Å². The molecule has 0 spiro atoms. The monoisotopic (exact) mass is 339 g/mol. The lowest BCUT2D eigenvalue weighted by atomic mass is 10.1. The van der Waals surface area contributed by atoms with Gasteiger partial charge < -0.3 is 10.5 Å². The van der Waals surface area contributed by atoms with Gasteiger partial charge >= 0.3 is 0 Å². The van der Waals surface area contributed by atoms with Crippen molar-refractivity contribution in [3.63, 3.8) is 0 Å². The molecular weight excluding hydrogens is 326 g/mol. The van der Waals surface area contributed by atoms with Crippen LogP contribution < -0.4 is 10.5 Å². The fourth-order valence-electron chi connectivity index (χ4n) is 1.69. The minimum absolute atomic E-state index is 0.0438. The maximum absolute atomic E-state index is 6.21. The molecule has 0 aliphatic heterocycles. The first kappa shape index (κ1) is 14.4. The molecule has 2 N–H and O–H groups in total. The molecule has 2 nitrogen and oxygen atoms in total. The van der Waals surface area contributed by atoms with Gasteiger partial charge in [0.05, 0.1) is 9.50 Å². The van der Waals surface area contributed by atoms with E-state index < -0.39 is 0 Å². The lowest BCUT2D eigenvalue weighted by molar-refractivity contribution is 0.479. The molecule has 0 aromatic heterocycles. The van der Waals surface area contributed by atoms with Crippen LogP contribution in [0.1, 0.15) is 24.1 Å². The van der Waals surface area contributed by atoms with Crippen molar-refractivity contribution in [3.8, 4) is 11.5 Å². The Bertz CT molecular complexity index is 599. The first-order valence-electron chi connectivity index (χ1n) is 5.96. The van der Waals surface area contributed by atoms with Crippen molar-refractivity contribution in [1.29, 1.82) is 0 Å². The molecule has 2 rings (SSSR count). The molecule has 0 saturated heterocycles. The summed E-state index contributed by atoms with van der Waals surface area (Å²) in [6.07, 6.45) is 0. The molecule has 1 atom stereocenters. The van der Waals surface area contributed by atoms with Gasteiger partial charge in [0.2, 0.25) is 0 Å². The summed E-state index contributed by atoms with van der Waals surface area (Å²) in [4.78, 5) is 0. The Kier molecular flexibility index (Phi) is 4.50. The van der Waals surface area contributed by atoms with E-state index in [0.29, 0.717) is 10.8 Å². The zero-order chi connectivity index (χ0) is 14.0. The van der Waals surface area contributed by atoms with E-state index in [1.54, 1.807) is 0 Å².